The van der Waals surface area contributed by atoms with Crippen LogP contribution in [0.2, 0.25) is 0 Å². The Kier molecular flexibility index (Phi) is 4.69. The number of rotatable bonds is 4. The average Bonchev–Trinajstić information content (AvgIpc) is 2.49. The van der Waals surface area contributed by atoms with Crippen molar-refractivity contribution in [3.8, 4) is 0 Å². The van der Waals surface area contributed by atoms with Crippen molar-refractivity contribution < 1.29 is 15.0 Å². The van der Waals surface area contributed by atoms with Crippen LogP contribution < -0.4 is 5.32 Å². The monoisotopic (exact) mass is 291 g/mol. The highest BCUT2D eigenvalue weighted by molar-refractivity contribution is 5.95. The molecule has 0 unspecified atom stereocenters. The summed E-state index contributed by atoms with van der Waals surface area (Å²) < 4.78 is 0. The predicted octanol–water partition coefficient (Wildman–Crippen LogP) is 2.03. The first-order valence-electron chi connectivity index (χ1n) is 7.55. The third-order valence-electron chi connectivity index (χ3n) is 4.75. The van der Waals surface area contributed by atoms with Gasteiger partial charge in [0.1, 0.15) is 0 Å². The lowest BCUT2D eigenvalue weighted by atomic mass is 9.70. The lowest BCUT2D eigenvalue weighted by molar-refractivity contribution is -0.0656. The van der Waals surface area contributed by atoms with Gasteiger partial charge in [-0.05, 0) is 49.7 Å². The van der Waals surface area contributed by atoms with E-state index in [1.165, 1.54) is 0 Å². The molecular formula is C17H25NO3. The minimum absolute atomic E-state index is 0.0141. The van der Waals surface area contributed by atoms with E-state index in [0.29, 0.717) is 24.9 Å². The zero-order valence-electron chi connectivity index (χ0n) is 12.9. The summed E-state index contributed by atoms with van der Waals surface area (Å²) in [5.41, 5.74) is 0.737. The topological polar surface area (TPSA) is 69.6 Å². The molecule has 1 aliphatic rings. The Morgan fingerprint density at radius 3 is 2.43 bits per heavy atom. The van der Waals surface area contributed by atoms with Crippen LogP contribution in [0.4, 0.5) is 0 Å². The van der Waals surface area contributed by atoms with Gasteiger partial charge in [0.25, 0.3) is 5.91 Å². The fraction of sp³-hybridized carbons (Fsp3) is 0.588. The van der Waals surface area contributed by atoms with Crippen LogP contribution in [0.3, 0.4) is 0 Å². The molecule has 0 aromatic heterocycles. The molecule has 1 aromatic rings. The fourth-order valence-corrected chi connectivity index (χ4v) is 2.87. The van der Waals surface area contributed by atoms with E-state index in [-0.39, 0.29) is 17.9 Å². The van der Waals surface area contributed by atoms with Crippen molar-refractivity contribution in [1.82, 2.24) is 5.32 Å². The molecule has 4 heteroatoms. The Labute approximate surface area is 126 Å². The maximum Gasteiger partial charge on any atom is 0.251 e. The first-order chi connectivity index (χ1) is 9.87. The number of nitrogens with one attached hydrogen (secondary N) is 1. The fourth-order valence-electron chi connectivity index (χ4n) is 2.87. The van der Waals surface area contributed by atoms with Crippen molar-refractivity contribution in [1.29, 1.82) is 0 Å². The molecule has 1 aromatic carbocycles. The van der Waals surface area contributed by atoms with Crippen LogP contribution in [-0.4, -0.2) is 34.9 Å². The molecule has 1 aliphatic carbocycles. The van der Waals surface area contributed by atoms with E-state index < -0.39 is 5.60 Å². The summed E-state index contributed by atoms with van der Waals surface area (Å²) in [6.45, 7) is 4.47. The Morgan fingerprint density at radius 1 is 1.24 bits per heavy atom. The van der Waals surface area contributed by atoms with E-state index >= 15 is 0 Å². The summed E-state index contributed by atoms with van der Waals surface area (Å²) in [6.07, 6.45) is 2.77. The molecule has 0 spiro atoms. The van der Waals surface area contributed by atoms with Crippen LogP contribution in [0.1, 0.15) is 48.5 Å². The number of carbonyl (C=O) groups excluding carboxylic acids is 1. The molecule has 116 valence electrons. The number of hydrogen-bond acceptors (Lipinski definition) is 3. The molecule has 0 saturated heterocycles. The van der Waals surface area contributed by atoms with Crippen LogP contribution in [0.25, 0.3) is 0 Å². The Morgan fingerprint density at radius 2 is 1.86 bits per heavy atom. The smallest absolute Gasteiger partial charge is 0.251 e. The SMILES string of the molecule is Cc1ccccc1C(=O)NCC1(C)CCC(O)(CO)CC1. The third-order valence-corrected chi connectivity index (χ3v) is 4.75. The maximum atomic E-state index is 12.2. The molecule has 4 nitrogen and oxygen atoms in total. The molecule has 0 atom stereocenters. The van der Waals surface area contributed by atoms with Gasteiger partial charge in [-0.2, -0.15) is 0 Å². The van der Waals surface area contributed by atoms with Gasteiger partial charge in [0.15, 0.2) is 0 Å². The summed E-state index contributed by atoms with van der Waals surface area (Å²) in [4.78, 5) is 12.2. The lowest BCUT2D eigenvalue weighted by Gasteiger charge is -2.41. The van der Waals surface area contributed by atoms with E-state index in [9.17, 15) is 15.0 Å². The standard InChI is InChI=1S/C17H25NO3/c1-13-5-3-4-6-14(13)15(20)18-11-16(2)7-9-17(21,12-19)10-8-16/h3-6,19,21H,7-12H2,1-2H3,(H,18,20). The molecule has 21 heavy (non-hydrogen) atoms. The van der Waals surface area contributed by atoms with Crippen molar-refractivity contribution >= 4 is 5.91 Å². The van der Waals surface area contributed by atoms with E-state index in [4.69, 9.17) is 0 Å². The first-order valence-corrected chi connectivity index (χ1v) is 7.55. The quantitative estimate of drug-likeness (QED) is 0.795. The highest BCUT2D eigenvalue weighted by Crippen LogP contribution is 2.40. The van der Waals surface area contributed by atoms with Gasteiger partial charge in [-0.3, -0.25) is 4.79 Å². The number of aliphatic hydroxyl groups is 2. The van der Waals surface area contributed by atoms with Crippen molar-refractivity contribution in [2.45, 2.75) is 45.1 Å². The molecule has 0 radical (unpaired) electrons. The molecule has 3 N–H and O–H groups in total. The average molecular weight is 291 g/mol. The van der Waals surface area contributed by atoms with Crippen molar-refractivity contribution in [3.63, 3.8) is 0 Å². The van der Waals surface area contributed by atoms with Crippen LogP contribution in [0, 0.1) is 12.3 Å². The Bertz CT molecular complexity index is 505. The zero-order chi connectivity index (χ0) is 15.5. The minimum Gasteiger partial charge on any atom is -0.393 e. The van der Waals surface area contributed by atoms with Crippen molar-refractivity contribution in [2.24, 2.45) is 5.41 Å². The van der Waals surface area contributed by atoms with Gasteiger partial charge in [0.05, 0.1) is 12.2 Å². The second kappa shape index (κ2) is 6.16. The zero-order valence-corrected chi connectivity index (χ0v) is 12.9. The summed E-state index contributed by atoms with van der Waals surface area (Å²) in [6, 6.07) is 7.55. The molecule has 1 saturated carbocycles. The van der Waals surface area contributed by atoms with Gasteiger partial charge >= 0.3 is 0 Å². The number of benzene rings is 1. The first kappa shape index (κ1) is 16.0. The molecule has 0 heterocycles. The molecular weight excluding hydrogens is 266 g/mol. The van der Waals surface area contributed by atoms with Gasteiger partial charge in [0, 0.05) is 12.1 Å². The van der Waals surface area contributed by atoms with E-state index in [1.54, 1.807) is 0 Å². The van der Waals surface area contributed by atoms with Gasteiger partial charge < -0.3 is 15.5 Å². The van der Waals surface area contributed by atoms with Crippen LogP contribution in [0.5, 0.6) is 0 Å². The Balaban J connectivity index is 1.91. The predicted molar refractivity (Wildman–Crippen MR) is 82.1 cm³/mol. The normalized spacial score (nSPS) is 29.1. The highest BCUT2D eigenvalue weighted by atomic mass is 16.3. The molecule has 0 bridgehead atoms. The summed E-state index contributed by atoms with van der Waals surface area (Å²) in [7, 11) is 0. The highest BCUT2D eigenvalue weighted by Gasteiger charge is 2.38. The van der Waals surface area contributed by atoms with Gasteiger partial charge in [-0.1, -0.05) is 25.1 Å². The summed E-state index contributed by atoms with van der Waals surface area (Å²) >= 11 is 0. The number of aryl methyl sites for hydroxylation is 1. The van der Waals surface area contributed by atoms with E-state index in [0.717, 1.165) is 18.4 Å². The van der Waals surface area contributed by atoms with Gasteiger partial charge in [-0.25, -0.2) is 0 Å². The summed E-state index contributed by atoms with van der Waals surface area (Å²) in [5.74, 6) is -0.0441. The van der Waals surface area contributed by atoms with E-state index in [1.807, 2.05) is 31.2 Å². The lowest BCUT2D eigenvalue weighted by Crippen LogP contribution is -2.45. The van der Waals surface area contributed by atoms with Crippen LogP contribution >= 0.6 is 0 Å². The number of amides is 1. The van der Waals surface area contributed by atoms with Crippen LogP contribution in [0.15, 0.2) is 24.3 Å². The minimum atomic E-state index is -0.931. The Hall–Kier alpha value is -1.39. The third kappa shape index (κ3) is 3.83. The molecule has 0 aliphatic heterocycles. The van der Waals surface area contributed by atoms with Gasteiger partial charge in [0.2, 0.25) is 0 Å². The largest absolute Gasteiger partial charge is 0.393 e. The second-order valence-corrected chi connectivity index (χ2v) is 6.69. The number of aliphatic hydroxyl groups excluding tert-OH is 1. The maximum absolute atomic E-state index is 12.2. The van der Waals surface area contributed by atoms with Crippen molar-refractivity contribution in [2.75, 3.05) is 13.2 Å². The second-order valence-electron chi connectivity index (χ2n) is 6.69. The van der Waals surface area contributed by atoms with Crippen LogP contribution in [-0.2, 0) is 0 Å². The van der Waals surface area contributed by atoms with E-state index in [2.05, 4.69) is 12.2 Å². The number of carbonyl (C=O) groups is 1. The summed E-state index contributed by atoms with van der Waals surface area (Å²) in [5, 5.41) is 22.3. The molecule has 2 rings (SSSR count). The number of hydrogen-bond donors (Lipinski definition) is 3. The van der Waals surface area contributed by atoms with Gasteiger partial charge in [-0.15, -0.1) is 0 Å². The molecule has 1 amide bonds. The molecule has 1 fully saturated rings. The van der Waals surface area contributed by atoms with Crippen molar-refractivity contribution in [3.05, 3.63) is 35.4 Å².